The minimum Gasteiger partial charge on any atom is -0.322 e. The first-order valence-electron chi connectivity index (χ1n) is 4.87. The number of aromatic nitrogens is 2. The predicted octanol–water partition coefficient (Wildman–Crippen LogP) is 1.12. The molecule has 0 spiro atoms. The molecule has 0 fully saturated rings. The highest BCUT2D eigenvalue weighted by molar-refractivity contribution is 5.18. The first-order valence-corrected chi connectivity index (χ1v) is 4.87. The van der Waals surface area contributed by atoms with Crippen LogP contribution >= 0.6 is 0 Å². The van der Waals surface area contributed by atoms with Crippen molar-refractivity contribution in [3.8, 4) is 0 Å². The highest BCUT2D eigenvalue weighted by Crippen LogP contribution is 2.20. The number of rotatable bonds is 3. The lowest BCUT2D eigenvalue weighted by molar-refractivity contribution is 0.445. The van der Waals surface area contributed by atoms with Gasteiger partial charge in [-0.15, -0.1) is 0 Å². The Hall–Kier alpha value is -1.16. The molecule has 0 saturated carbocycles. The van der Waals surface area contributed by atoms with E-state index < -0.39 is 0 Å². The van der Waals surface area contributed by atoms with Crippen molar-refractivity contribution in [2.75, 3.05) is 0 Å². The van der Waals surface area contributed by atoms with Crippen molar-refractivity contribution in [2.24, 2.45) is 11.7 Å². The molecule has 3 N–H and O–H groups in total. The zero-order valence-electron chi connectivity index (χ0n) is 8.87. The highest BCUT2D eigenvalue weighted by atomic mass is 16.1. The summed E-state index contributed by atoms with van der Waals surface area (Å²) in [5, 5.41) is 0. The summed E-state index contributed by atoms with van der Waals surface area (Å²) in [6.45, 7) is 5.89. The minimum absolute atomic E-state index is 0.103. The van der Waals surface area contributed by atoms with Crippen molar-refractivity contribution >= 4 is 0 Å². The quantitative estimate of drug-likeness (QED) is 0.759. The molecular weight excluding hydrogens is 178 g/mol. The van der Waals surface area contributed by atoms with E-state index in [-0.39, 0.29) is 11.6 Å². The van der Waals surface area contributed by atoms with E-state index in [1.807, 2.05) is 0 Å². The van der Waals surface area contributed by atoms with E-state index >= 15 is 0 Å². The Morgan fingerprint density at radius 2 is 2.29 bits per heavy atom. The van der Waals surface area contributed by atoms with Crippen LogP contribution < -0.4 is 11.3 Å². The lowest BCUT2D eigenvalue weighted by Gasteiger charge is -2.18. The summed E-state index contributed by atoms with van der Waals surface area (Å²) in [6.07, 6.45) is 2.39. The van der Waals surface area contributed by atoms with Crippen molar-refractivity contribution in [3.05, 3.63) is 27.9 Å². The average Bonchev–Trinajstić information content (AvgIpc) is 2.20. The molecule has 1 heterocycles. The Morgan fingerprint density at radius 1 is 1.64 bits per heavy atom. The second kappa shape index (κ2) is 4.37. The third-order valence-corrected chi connectivity index (χ3v) is 2.70. The number of hydrogen-bond donors (Lipinski definition) is 2. The van der Waals surface area contributed by atoms with E-state index in [2.05, 4.69) is 23.8 Å². The van der Waals surface area contributed by atoms with Gasteiger partial charge in [-0.05, 0) is 12.8 Å². The molecule has 0 amide bonds. The van der Waals surface area contributed by atoms with Gasteiger partial charge < -0.3 is 10.7 Å². The summed E-state index contributed by atoms with van der Waals surface area (Å²) < 4.78 is 0. The van der Waals surface area contributed by atoms with Crippen LogP contribution in [0.2, 0.25) is 0 Å². The molecular formula is C10H17N3O. The topological polar surface area (TPSA) is 71.8 Å². The molecule has 0 aliphatic carbocycles. The molecule has 0 saturated heterocycles. The second-order valence-corrected chi connectivity index (χ2v) is 3.65. The molecule has 1 aromatic heterocycles. The van der Waals surface area contributed by atoms with E-state index in [4.69, 9.17) is 5.73 Å². The van der Waals surface area contributed by atoms with Crippen LogP contribution in [-0.2, 0) is 0 Å². The summed E-state index contributed by atoms with van der Waals surface area (Å²) in [5.74, 6) is 0.336. The van der Waals surface area contributed by atoms with Crippen LogP contribution in [-0.4, -0.2) is 9.97 Å². The van der Waals surface area contributed by atoms with Gasteiger partial charge in [0.25, 0.3) is 5.56 Å². The van der Waals surface area contributed by atoms with Gasteiger partial charge in [-0.25, -0.2) is 4.98 Å². The Bertz CT molecular complexity index is 359. The van der Waals surface area contributed by atoms with Gasteiger partial charge in [0.15, 0.2) is 0 Å². The molecule has 0 radical (unpaired) electrons. The van der Waals surface area contributed by atoms with Crippen LogP contribution in [0.1, 0.15) is 37.6 Å². The molecule has 2 atom stereocenters. The molecule has 0 bridgehead atoms. The van der Waals surface area contributed by atoms with Gasteiger partial charge in [0.05, 0.1) is 18.1 Å². The molecule has 4 nitrogen and oxygen atoms in total. The number of nitrogens with two attached hydrogens (primary N) is 1. The smallest absolute Gasteiger partial charge is 0.253 e. The van der Waals surface area contributed by atoms with Crippen LogP contribution in [0.4, 0.5) is 0 Å². The molecule has 1 aromatic rings. The zero-order chi connectivity index (χ0) is 10.7. The average molecular weight is 195 g/mol. The SMILES string of the molecule is CC[C@H](C)[C@H](N)c1nc[nH]c(=O)c1C. The normalized spacial score (nSPS) is 15.1. The lowest BCUT2D eigenvalue weighted by atomic mass is 9.95. The molecule has 0 aromatic carbocycles. The van der Waals surface area contributed by atoms with Gasteiger partial charge >= 0.3 is 0 Å². The first kappa shape index (κ1) is 10.9. The van der Waals surface area contributed by atoms with Crippen LogP contribution in [0.5, 0.6) is 0 Å². The number of H-pyrrole nitrogens is 1. The van der Waals surface area contributed by atoms with Gasteiger partial charge in [-0.2, -0.15) is 0 Å². The Labute approximate surface area is 83.6 Å². The number of hydrogen-bond acceptors (Lipinski definition) is 3. The van der Waals surface area contributed by atoms with Gasteiger partial charge in [0, 0.05) is 5.56 Å². The molecule has 4 heteroatoms. The van der Waals surface area contributed by atoms with Crippen molar-refractivity contribution in [1.29, 1.82) is 0 Å². The Kier molecular flexibility index (Phi) is 3.41. The maximum Gasteiger partial charge on any atom is 0.253 e. The molecule has 78 valence electrons. The summed E-state index contributed by atoms with van der Waals surface area (Å²) in [5.41, 5.74) is 7.24. The number of nitrogens with zero attached hydrogens (tertiary/aromatic N) is 1. The van der Waals surface area contributed by atoms with Crippen LogP contribution in [0.25, 0.3) is 0 Å². The van der Waals surface area contributed by atoms with Gasteiger partial charge in [-0.3, -0.25) is 4.79 Å². The fourth-order valence-electron chi connectivity index (χ4n) is 1.34. The van der Waals surface area contributed by atoms with Crippen LogP contribution in [0, 0.1) is 12.8 Å². The van der Waals surface area contributed by atoms with Crippen molar-refractivity contribution in [1.82, 2.24) is 9.97 Å². The third kappa shape index (κ3) is 2.01. The standard InChI is InChI=1S/C10H17N3O/c1-4-6(2)8(11)9-7(3)10(14)13-5-12-9/h5-6,8H,4,11H2,1-3H3,(H,12,13,14)/t6-,8-/m0/s1. The Morgan fingerprint density at radius 3 is 2.86 bits per heavy atom. The number of nitrogens with one attached hydrogen (secondary N) is 1. The lowest BCUT2D eigenvalue weighted by Crippen LogP contribution is -2.25. The molecule has 0 aliphatic rings. The Balaban J connectivity index is 3.07. The fraction of sp³-hybridized carbons (Fsp3) is 0.600. The van der Waals surface area contributed by atoms with E-state index in [1.54, 1.807) is 6.92 Å². The van der Waals surface area contributed by atoms with Crippen molar-refractivity contribution in [2.45, 2.75) is 33.2 Å². The maximum atomic E-state index is 11.3. The molecule has 14 heavy (non-hydrogen) atoms. The van der Waals surface area contributed by atoms with E-state index in [0.29, 0.717) is 17.2 Å². The second-order valence-electron chi connectivity index (χ2n) is 3.65. The fourth-order valence-corrected chi connectivity index (χ4v) is 1.34. The van der Waals surface area contributed by atoms with Gasteiger partial charge in [0.2, 0.25) is 0 Å². The molecule has 0 unspecified atom stereocenters. The van der Waals surface area contributed by atoms with Crippen molar-refractivity contribution < 1.29 is 0 Å². The third-order valence-electron chi connectivity index (χ3n) is 2.70. The molecule has 0 aliphatic heterocycles. The largest absolute Gasteiger partial charge is 0.322 e. The summed E-state index contributed by atoms with van der Waals surface area (Å²) >= 11 is 0. The first-order chi connectivity index (χ1) is 6.57. The highest BCUT2D eigenvalue weighted by Gasteiger charge is 2.17. The number of aromatic amines is 1. The maximum absolute atomic E-state index is 11.3. The summed E-state index contributed by atoms with van der Waals surface area (Å²) in [6, 6.07) is -0.151. The molecule has 1 rings (SSSR count). The minimum atomic E-state index is -0.151. The monoisotopic (exact) mass is 195 g/mol. The van der Waals surface area contributed by atoms with Crippen molar-refractivity contribution in [3.63, 3.8) is 0 Å². The van der Waals surface area contributed by atoms with E-state index in [9.17, 15) is 4.79 Å². The van der Waals surface area contributed by atoms with Gasteiger partial charge in [0.1, 0.15) is 0 Å². The van der Waals surface area contributed by atoms with E-state index in [0.717, 1.165) is 6.42 Å². The van der Waals surface area contributed by atoms with Crippen LogP contribution in [0.3, 0.4) is 0 Å². The van der Waals surface area contributed by atoms with Gasteiger partial charge in [-0.1, -0.05) is 20.3 Å². The predicted molar refractivity (Wildman–Crippen MR) is 56.0 cm³/mol. The zero-order valence-corrected chi connectivity index (χ0v) is 8.87. The van der Waals surface area contributed by atoms with Crippen LogP contribution in [0.15, 0.2) is 11.1 Å². The van der Waals surface area contributed by atoms with E-state index in [1.165, 1.54) is 6.33 Å². The summed E-state index contributed by atoms with van der Waals surface area (Å²) in [4.78, 5) is 18.0. The summed E-state index contributed by atoms with van der Waals surface area (Å²) in [7, 11) is 0.